The summed E-state index contributed by atoms with van der Waals surface area (Å²) in [5.41, 5.74) is 3.60. The van der Waals surface area contributed by atoms with Gasteiger partial charge in [-0.2, -0.15) is 13.2 Å². The maximum atomic E-state index is 14.6. The van der Waals surface area contributed by atoms with Crippen molar-refractivity contribution in [2.45, 2.75) is 33.9 Å². The summed E-state index contributed by atoms with van der Waals surface area (Å²) in [7, 11) is 1.43. The average Bonchev–Trinajstić information content (AvgIpc) is 2.79. The van der Waals surface area contributed by atoms with Crippen LogP contribution < -0.4 is 4.74 Å². The Bertz CT molecular complexity index is 1170. The quantitative estimate of drug-likeness (QED) is 0.218. The third kappa shape index (κ3) is 7.01. The Balaban J connectivity index is 2.83. The Hall–Kier alpha value is -3.48. The summed E-state index contributed by atoms with van der Waals surface area (Å²) in [5, 5.41) is 0. The van der Waals surface area contributed by atoms with E-state index in [0.717, 1.165) is 11.1 Å². The van der Waals surface area contributed by atoms with Gasteiger partial charge >= 0.3 is 6.18 Å². The molecule has 2 aromatic rings. The molecule has 34 heavy (non-hydrogen) atoms. The second-order valence-corrected chi connectivity index (χ2v) is 7.62. The van der Waals surface area contributed by atoms with E-state index in [1.54, 1.807) is 37.3 Å². The highest BCUT2D eigenvalue weighted by atomic mass is 19.4. The topological polar surface area (TPSA) is 34.0 Å². The normalized spacial score (nSPS) is 13.5. The number of methoxy groups -OCH3 is 1. The van der Waals surface area contributed by atoms with Crippen LogP contribution in [0.2, 0.25) is 0 Å². The number of rotatable bonds is 8. The number of alkyl halides is 3. The molecular weight excluding hydrogens is 444 g/mol. The first-order valence-electron chi connectivity index (χ1n) is 10.6. The monoisotopic (exact) mass is 472 g/mol. The molecular formula is C27H28F4N2O. The smallest absolute Gasteiger partial charge is 0.407 e. The van der Waals surface area contributed by atoms with Crippen LogP contribution in [0.3, 0.4) is 0 Å². The molecule has 0 saturated heterocycles. The van der Waals surface area contributed by atoms with E-state index >= 15 is 0 Å². The number of benzene rings is 2. The van der Waals surface area contributed by atoms with E-state index in [0.29, 0.717) is 28.1 Å². The zero-order valence-electron chi connectivity index (χ0n) is 19.9. The molecule has 0 unspecified atom stereocenters. The average molecular weight is 473 g/mol. The van der Waals surface area contributed by atoms with E-state index in [2.05, 4.69) is 16.6 Å². The molecule has 0 aliphatic carbocycles. The van der Waals surface area contributed by atoms with Crippen LogP contribution in [0.25, 0.3) is 11.1 Å². The first kappa shape index (κ1) is 26.8. The first-order chi connectivity index (χ1) is 16.0. The van der Waals surface area contributed by atoms with Crippen molar-refractivity contribution in [1.29, 1.82) is 0 Å². The number of aliphatic imine (C=N–C) groups is 2. The Kier molecular flexibility index (Phi) is 9.12. The number of hydrogen-bond donors (Lipinski definition) is 0. The number of ether oxygens (including phenoxy) is 1. The Labute approximate surface area is 197 Å². The van der Waals surface area contributed by atoms with Crippen molar-refractivity contribution in [3.05, 3.63) is 83.7 Å². The molecule has 0 aliphatic heterocycles. The lowest BCUT2D eigenvalue weighted by Gasteiger charge is -2.16. The van der Waals surface area contributed by atoms with Crippen LogP contribution in [-0.4, -0.2) is 31.3 Å². The van der Waals surface area contributed by atoms with Crippen molar-refractivity contribution >= 4 is 17.1 Å². The van der Waals surface area contributed by atoms with E-state index in [9.17, 15) is 17.6 Å². The standard InChI is InChI=1S/C27H28F4N2O/c1-7-9-10-20(8-2)18(4)33-26-22(19(5)32-16-27(29,30)31)14-21(15-25(26)34-6)23-13-17(3)11-12-24(23)28/h7-15H,2,16H2,1,3-6H3/b9-7?,20-10+,32-19?,33-18?. The second-order valence-electron chi connectivity index (χ2n) is 7.62. The van der Waals surface area contributed by atoms with Crippen molar-refractivity contribution in [3.63, 3.8) is 0 Å². The lowest BCUT2D eigenvalue weighted by molar-refractivity contribution is -0.118. The fourth-order valence-electron chi connectivity index (χ4n) is 3.23. The lowest BCUT2D eigenvalue weighted by Crippen LogP contribution is -2.14. The summed E-state index contributed by atoms with van der Waals surface area (Å²) >= 11 is 0. The molecule has 3 nitrogen and oxygen atoms in total. The highest BCUT2D eigenvalue weighted by Crippen LogP contribution is 2.39. The van der Waals surface area contributed by atoms with Gasteiger partial charge in [-0.1, -0.05) is 42.5 Å². The van der Waals surface area contributed by atoms with E-state index in [1.165, 1.54) is 20.1 Å². The van der Waals surface area contributed by atoms with Gasteiger partial charge in [-0.3, -0.25) is 4.99 Å². The summed E-state index contributed by atoms with van der Waals surface area (Å²) < 4.78 is 58.8. The minimum absolute atomic E-state index is 0.106. The molecule has 2 rings (SSSR count). The van der Waals surface area contributed by atoms with Gasteiger partial charge in [0.2, 0.25) is 0 Å². The molecule has 180 valence electrons. The predicted octanol–water partition coefficient (Wildman–Crippen LogP) is 7.96. The SMILES string of the molecule is C=C/C(=C\C=CC)C(C)=Nc1c(OC)cc(-c2cc(C)ccc2F)cc1C(C)=NCC(F)(F)F. The number of nitrogens with zero attached hydrogens (tertiary/aromatic N) is 2. The first-order valence-corrected chi connectivity index (χ1v) is 10.6. The highest BCUT2D eigenvalue weighted by Gasteiger charge is 2.27. The zero-order valence-corrected chi connectivity index (χ0v) is 19.9. The van der Waals surface area contributed by atoms with Gasteiger partial charge in [0, 0.05) is 22.6 Å². The summed E-state index contributed by atoms with van der Waals surface area (Å²) in [6, 6.07) is 7.86. The molecule has 0 heterocycles. The molecule has 2 aromatic carbocycles. The molecule has 0 radical (unpaired) electrons. The minimum atomic E-state index is -4.46. The van der Waals surface area contributed by atoms with Crippen LogP contribution in [0.15, 0.2) is 76.8 Å². The maximum Gasteiger partial charge on any atom is 0.407 e. The molecule has 0 spiro atoms. The number of hydrogen-bond acceptors (Lipinski definition) is 3. The van der Waals surface area contributed by atoms with Crippen molar-refractivity contribution in [1.82, 2.24) is 0 Å². The molecule has 7 heteroatoms. The minimum Gasteiger partial charge on any atom is -0.494 e. The molecule has 0 aromatic heterocycles. The van der Waals surface area contributed by atoms with Crippen LogP contribution in [0.4, 0.5) is 23.2 Å². The van der Waals surface area contributed by atoms with Crippen LogP contribution in [0, 0.1) is 12.7 Å². The number of halogens is 4. The van der Waals surface area contributed by atoms with Gasteiger partial charge in [0.05, 0.1) is 7.11 Å². The Morgan fingerprint density at radius 1 is 1.15 bits per heavy atom. The van der Waals surface area contributed by atoms with Crippen molar-refractivity contribution < 1.29 is 22.3 Å². The third-order valence-corrected chi connectivity index (χ3v) is 5.00. The second kappa shape index (κ2) is 11.6. The third-order valence-electron chi connectivity index (χ3n) is 5.00. The van der Waals surface area contributed by atoms with E-state index < -0.39 is 18.5 Å². The van der Waals surface area contributed by atoms with Gasteiger partial charge in [0.25, 0.3) is 0 Å². The van der Waals surface area contributed by atoms with Crippen LogP contribution in [0.5, 0.6) is 5.75 Å². The summed E-state index contributed by atoms with van der Waals surface area (Å²) in [4.78, 5) is 8.38. The van der Waals surface area contributed by atoms with Gasteiger partial charge in [0.1, 0.15) is 23.8 Å². The molecule has 0 saturated carbocycles. The van der Waals surface area contributed by atoms with Gasteiger partial charge < -0.3 is 4.74 Å². The predicted molar refractivity (Wildman–Crippen MR) is 132 cm³/mol. The van der Waals surface area contributed by atoms with Crippen molar-refractivity contribution in [2.24, 2.45) is 9.98 Å². The molecule has 0 aliphatic rings. The van der Waals surface area contributed by atoms with Gasteiger partial charge in [-0.25, -0.2) is 9.38 Å². The van der Waals surface area contributed by atoms with Crippen LogP contribution in [-0.2, 0) is 0 Å². The van der Waals surface area contributed by atoms with Crippen LogP contribution >= 0.6 is 0 Å². The van der Waals surface area contributed by atoms with Crippen molar-refractivity contribution in [3.8, 4) is 16.9 Å². The van der Waals surface area contributed by atoms with Gasteiger partial charge in [-0.05, 0) is 63.1 Å². The van der Waals surface area contributed by atoms with Crippen LogP contribution in [0.1, 0.15) is 31.9 Å². The molecule has 0 amide bonds. The van der Waals surface area contributed by atoms with Crippen molar-refractivity contribution in [2.75, 3.05) is 13.7 Å². The van der Waals surface area contributed by atoms with Gasteiger partial charge in [-0.15, -0.1) is 0 Å². The molecule has 0 bridgehead atoms. The fourth-order valence-corrected chi connectivity index (χ4v) is 3.23. The highest BCUT2D eigenvalue weighted by molar-refractivity contribution is 6.08. The van der Waals surface area contributed by atoms with E-state index in [-0.39, 0.29) is 11.5 Å². The lowest BCUT2D eigenvalue weighted by atomic mass is 9.97. The molecule has 0 atom stereocenters. The fraction of sp³-hybridized carbons (Fsp3) is 0.259. The Morgan fingerprint density at radius 3 is 2.44 bits per heavy atom. The number of allylic oxidation sites excluding steroid dienone is 5. The maximum absolute atomic E-state index is 14.6. The number of aryl methyl sites for hydroxylation is 1. The summed E-state index contributed by atoms with van der Waals surface area (Å²) in [6.45, 7) is 9.38. The largest absolute Gasteiger partial charge is 0.494 e. The van der Waals surface area contributed by atoms with E-state index in [1.807, 2.05) is 32.1 Å². The summed E-state index contributed by atoms with van der Waals surface area (Å²) in [6.07, 6.45) is 2.66. The van der Waals surface area contributed by atoms with Gasteiger partial charge in [0.15, 0.2) is 0 Å². The zero-order chi connectivity index (χ0) is 25.5. The molecule has 0 N–H and O–H groups in total. The Morgan fingerprint density at radius 2 is 1.85 bits per heavy atom. The summed E-state index contributed by atoms with van der Waals surface area (Å²) in [5.74, 6) is -0.178. The molecule has 0 fully saturated rings. The van der Waals surface area contributed by atoms with E-state index in [4.69, 9.17) is 4.74 Å².